The monoisotopic (exact) mass is 295 g/mol. The van der Waals surface area contributed by atoms with Crippen molar-refractivity contribution in [2.24, 2.45) is 0 Å². The van der Waals surface area contributed by atoms with Crippen molar-refractivity contribution in [2.75, 3.05) is 31.1 Å². The smallest absolute Gasteiger partial charge is 0.129 e. The van der Waals surface area contributed by atoms with Crippen molar-refractivity contribution in [1.82, 2.24) is 9.88 Å². The number of rotatable bonds is 4. The second-order valence-corrected chi connectivity index (χ2v) is 6.43. The van der Waals surface area contributed by atoms with Crippen LogP contribution < -0.4 is 4.90 Å². The molecule has 1 saturated heterocycles. The maximum absolute atomic E-state index is 6.02. The number of hydrogen-bond acceptors (Lipinski definition) is 3. The molecule has 0 bridgehead atoms. The average molecular weight is 296 g/mol. The summed E-state index contributed by atoms with van der Waals surface area (Å²) < 4.78 is 0. The maximum atomic E-state index is 6.02. The molecule has 0 atom stereocenters. The van der Waals surface area contributed by atoms with Crippen LogP contribution in [-0.2, 0) is 5.88 Å². The van der Waals surface area contributed by atoms with E-state index < -0.39 is 0 Å². The highest BCUT2D eigenvalue weighted by Crippen LogP contribution is 2.22. The summed E-state index contributed by atoms with van der Waals surface area (Å²) in [6, 6.07) is 4.90. The van der Waals surface area contributed by atoms with Crippen LogP contribution in [0.15, 0.2) is 12.1 Å². The Balaban J connectivity index is 2.15. The minimum atomic E-state index is 0.439. The molecule has 0 unspecified atom stereocenters. The molecule has 4 heteroatoms. The van der Waals surface area contributed by atoms with Gasteiger partial charge in [0.2, 0.25) is 0 Å². The van der Waals surface area contributed by atoms with Gasteiger partial charge in [0.05, 0.1) is 0 Å². The Morgan fingerprint density at radius 3 is 2.25 bits per heavy atom. The summed E-state index contributed by atoms with van der Waals surface area (Å²) in [7, 11) is 0. The van der Waals surface area contributed by atoms with Gasteiger partial charge in [-0.15, -0.1) is 11.6 Å². The minimum absolute atomic E-state index is 0.439. The Kier molecular flexibility index (Phi) is 5.28. The van der Waals surface area contributed by atoms with Gasteiger partial charge < -0.3 is 4.90 Å². The number of anilines is 1. The average Bonchev–Trinajstić information content (AvgIpc) is 2.46. The Morgan fingerprint density at radius 1 is 1.10 bits per heavy atom. The molecule has 0 N–H and O–H groups in total. The largest absolute Gasteiger partial charge is 0.354 e. The molecule has 1 aromatic rings. The first kappa shape index (κ1) is 15.6. The van der Waals surface area contributed by atoms with Gasteiger partial charge in [-0.1, -0.05) is 13.8 Å². The summed E-state index contributed by atoms with van der Waals surface area (Å²) in [5.41, 5.74) is 2.32. The van der Waals surface area contributed by atoms with E-state index in [1.807, 2.05) is 0 Å². The quantitative estimate of drug-likeness (QED) is 0.793. The zero-order chi connectivity index (χ0) is 14.7. The van der Waals surface area contributed by atoms with Gasteiger partial charge in [-0.2, -0.15) is 0 Å². The van der Waals surface area contributed by atoms with Crippen LogP contribution in [-0.4, -0.2) is 42.1 Å². The molecule has 112 valence electrons. The summed E-state index contributed by atoms with van der Waals surface area (Å²) in [6.07, 6.45) is 0. The predicted molar refractivity (Wildman–Crippen MR) is 86.8 cm³/mol. The molecule has 20 heavy (non-hydrogen) atoms. The summed E-state index contributed by atoms with van der Waals surface area (Å²) in [5.74, 6) is 2.09. The normalized spacial score (nSPS) is 17.2. The SMILES string of the molecule is CC(C)c1cc(CCl)cc(N2CCN(C(C)C)CC2)n1. The zero-order valence-corrected chi connectivity index (χ0v) is 13.8. The minimum Gasteiger partial charge on any atom is -0.354 e. The first-order valence-electron chi connectivity index (χ1n) is 7.57. The highest BCUT2D eigenvalue weighted by molar-refractivity contribution is 6.17. The number of halogens is 1. The molecule has 0 radical (unpaired) electrons. The van der Waals surface area contributed by atoms with Gasteiger partial charge in [-0.3, -0.25) is 4.90 Å². The van der Waals surface area contributed by atoms with Crippen LogP contribution in [0.25, 0.3) is 0 Å². The Bertz CT molecular complexity index is 437. The van der Waals surface area contributed by atoms with Crippen LogP contribution in [0, 0.1) is 0 Å². The molecule has 0 aromatic carbocycles. The lowest BCUT2D eigenvalue weighted by Gasteiger charge is -2.37. The van der Waals surface area contributed by atoms with Gasteiger partial charge in [-0.25, -0.2) is 4.98 Å². The summed E-state index contributed by atoms with van der Waals surface area (Å²) >= 11 is 6.02. The van der Waals surface area contributed by atoms with Crippen LogP contribution in [0.4, 0.5) is 5.82 Å². The molecule has 0 amide bonds. The number of alkyl halides is 1. The fraction of sp³-hybridized carbons (Fsp3) is 0.688. The van der Waals surface area contributed by atoms with Gasteiger partial charge in [0.15, 0.2) is 0 Å². The summed E-state index contributed by atoms with van der Waals surface area (Å²) in [6.45, 7) is 13.2. The number of pyridine rings is 1. The van der Waals surface area contributed by atoms with E-state index in [2.05, 4.69) is 49.6 Å². The molecule has 0 spiro atoms. The highest BCUT2D eigenvalue weighted by Gasteiger charge is 2.20. The first-order chi connectivity index (χ1) is 9.51. The van der Waals surface area contributed by atoms with Crippen LogP contribution >= 0.6 is 11.6 Å². The molecule has 3 nitrogen and oxygen atoms in total. The standard InChI is InChI=1S/C16H26ClN3/c1-12(2)15-9-14(11-17)10-16(18-15)20-7-5-19(6-8-20)13(3)4/h9-10,12-13H,5-8,11H2,1-4H3. The van der Waals surface area contributed by atoms with Crippen molar-refractivity contribution < 1.29 is 0 Å². The van der Waals surface area contributed by atoms with Crippen LogP contribution in [0.2, 0.25) is 0 Å². The number of hydrogen-bond donors (Lipinski definition) is 0. The highest BCUT2D eigenvalue weighted by atomic mass is 35.5. The molecule has 1 aromatic heterocycles. The molecule has 1 fully saturated rings. The van der Waals surface area contributed by atoms with E-state index in [9.17, 15) is 0 Å². The van der Waals surface area contributed by atoms with Crippen molar-refractivity contribution >= 4 is 17.4 Å². The van der Waals surface area contributed by atoms with E-state index >= 15 is 0 Å². The van der Waals surface area contributed by atoms with Gasteiger partial charge in [0.1, 0.15) is 5.82 Å². The van der Waals surface area contributed by atoms with Gasteiger partial charge >= 0.3 is 0 Å². The lowest BCUT2D eigenvalue weighted by Crippen LogP contribution is -2.49. The molecular formula is C16H26ClN3. The molecule has 1 aliphatic rings. The van der Waals surface area contributed by atoms with Crippen molar-refractivity contribution in [3.05, 3.63) is 23.4 Å². The summed E-state index contributed by atoms with van der Waals surface area (Å²) in [4.78, 5) is 9.73. The van der Waals surface area contributed by atoms with E-state index in [4.69, 9.17) is 16.6 Å². The summed E-state index contributed by atoms with van der Waals surface area (Å²) in [5, 5.41) is 0. The molecule has 0 saturated carbocycles. The van der Waals surface area contributed by atoms with Gasteiger partial charge in [0.25, 0.3) is 0 Å². The number of nitrogens with zero attached hydrogens (tertiary/aromatic N) is 3. The maximum Gasteiger partial charge on any atom is 0.129 e. The van der Waals surface area contributed by atoms with E-state index in [-0.39, 0.29) is 0 Å². The van der Waals surface area contributed by atoms with E-state index in [1.54, 1.807) is 0 Å². The first-order valence-corrected chi connectivity index (χ1v) is 8.10. The van der Waals surface area contributed by atoms with E-state index in [0.717, 1.165) is 37.7 Å². The van der Waals surface area contributed by atoms with Crippen molar-refractivity contribution in [3.8, 4) is 0 Å². The molecule has 2 rings (SSSR count). The molecule has 0 aliphatic carbocycles. The lowest BCUT2D eigenvalue weighted by atomic mass is 10.1. The topological polar surface area (TPSA) is 19.4 Å². The van der Waals surface area contributed by atoms with Crippen molar-refractivity contribution in [3.63, 3.8) is 0 Å². The fourth-order valence-electron chi connectivity index (χ4n) is 2.60. The van der Waals surface area contributed by atoms with Gasteiger partial charge in [0, 0.05) is 43.8 Å². The van der Waals surface area contributed by atoms with Crippen LogP contribution in [0.1, 0.15) is 44.9 Å². The molecule has 2 heterocycles. The Labute approximate surface area is 127 Å². The Hall–Kier alpha value is -0.800. The van der Waals surface area contributed by atoms with Crippen LogP contribution in [0.3, 0.4) is 0 Å². The third-order valence-electron chi connectivity index (χ3n) is 4.01. The van der Waals surface area contributed by atoms with Gasteiger partial charge in [-0.05, 0) is 37.5 Å². The molecule has 1 aliphatic heterocycles. The predicted octanol–water partition coefficient (Wildman–Crippen LogP) is 3.47. The Morgan fingerprint density at radius 2 is 1.75 bits per heavy atom. The van der Waals surface area contributed by atoms with Crippen molar-refractivity contribution in [1.29, 1.82) is 0 Å². The fourth-order valence-corrected chi connectivity index (χ4v) is 2.75. The second kappa shape index (κ2) is 6.77. The third kappa shape index (κ3) is 3.64. The second-order valence-electron chi connectivity index (χ2n) is 6.16. The number of piperazine rings is 1. The molecular weight excluding hydrogens is 270 g/mol. The van der Waals surface area contributed by atoms with E-state index in [1.165, 1.54) is 5.56 Å². The number of aromatic nitrogens is 1. The third-order valence-corrected chi connectivity index (χ3v) is 4.31. The lowest BCUT2D eigenvalue weighted by molar-refractivity contribution is 0.209. The van der Waals surface area contributed by atoms with Crippen LogP contribution in [0.5, 0.6) is 0 Å². The van der Waals surface area contributed by atoms with E-state index in [0.29, 0.717) is 17.8 Å². The zero-order valence-electron chi connectivity index (χ0n) is 13.1. The van der Waals surface area contributed by atoms with Crippen molar-refractivity contribution in [2.45, 2.75) is 45.5 Å².